The van der Waals surface area contributed by atoms with Crippen molar-refractivity contribution in [1.82, 2.24) is 5.32 Å². The first-order valence-electron chi connectivity index (χ1n) is 4.75. The molecule has 6 heteroatoms. The fraction of sp³-hybridized carbons (Fsp3) is 0.0909. The molecule has 3 N–H and O–H groups in total. The molecule has 0 atom stereocenters. The molecular weight excluding hydrogens is 274 g/mol. The number of aromatic hydroxyl groups is 2. The molecule has 0 radical (unpaired) electrons. The number of rotatable bonds is 1. The van der Waals surface area contributed by atoms with Gasteiger partial charge >= 0.3 is 0 Å². The summed E-state index contributed by atoms with van der Waals surface area (Å²) in [6, 6.07) is 4.43. The molecule has 1 fully saturated rings. The lowest BCUT2D eigenvalue weighted by molar-refractivity contribution is 0.450. The number of phenolic OH excluding ortho intramolecular Hbond substituents is 2. The first-order valence-corrected chi connectivity index (χ1v) is 6.38. The van der Waals surface area contributed by atoms with Gasteiger partial charge in [0.05, 0.1) is 4.91 Å². The molecule has 0 spiro atoms. The Labute approximate surface area is 114 Å². The summed E-state index contributed by atoms with van der Waals surface area (Å²) in [5, 5.41) is 21.8. The van der Waals surface area contributed by atoms with Crippen molar-refractivity contribution in [3.8, 4) is 11.5 Å². The molecule has 1 heterocycles. The average molecular weight is 283 g/mol. The van der Waals surface area contributed by atoms with Crippen LogP contribution in [0.1, 0.15) is 12.5 Å². The van der Waals surface area contributed by atoms with Gasteiger partial charge < -0.3 is 15.5 Å². The molecule has 1 aliphatic rings. The van der Waals surface area contributed by atoms with Crippen molar-refractivity contribution in [2.75, 3.05) is 0 Å². The molecule has 1 aliphatic heterocycles. The van der Waals surface area contributed by atoms with Crippen LogP contribution in [0, 0.1) is 0 Å². The van der Waals surface area contributed by atoms with E-state index in [0.717, 1.165) is 16.0 Å². The highest BCUT2D eigenvalue weighted by Crippen LogP contribution is 2.34. The SMILES string of the molecule is C/C(=C1\SC(=S)NC1=S)c1cc(O)cc(O)c1. The fourth-order valence-electron chi connectivity index (χ4n) is 1.50. The van der Waals surface area contributed by atoms with Gasteiger partial charge in [-0.2, -0.15) is 0 Å². The molecule has 88 valence electrons. The van der Waals surface area contributed by atoms with Crippen LogP contribution in [0.3, 0.4) is 0 Å². The van der Waals surface area contributed by atoms with E-state index >= 15 is 0 Å². The molecule has 1 aromatic carbocycles. The van der Waals surface area contributed by atoms with Crippen LogP contribution in [-0.2, 0) is 0 Å². The van der Waals surface area contributed by atoms with E-state index in [0.29, 0.717) is 9.31 Å². The lowest BCUT2D eigenvalue weighted by atomic mass is 10.1. The van der Waals surface area contributed by atoms with Crippen molar-refractivity contribution in [1.29, 1.82) is 0 Å². The van der Waals surface area contributed by atoms with Crippen LogP contribution < -0.4 is 5.32 Å². The summed E-state index contributed by atoms with van der Waals surface area (Å²) in [5.74, 6) is 0.0359. The van der Waals surface area contributed by atoms with E-state index in [-0.39, 0.29) is 11.5 Å². The van der Waals surface area contributed by atoms with Crippen molar-refractivity contribution in [3.63, 3.8) is 0 Å². The Kier molecular flexibility index (Phi) is 3.37. The van der Waals surface area contributed by atoms with Crippen molar-refractivity contribution in [2.24, 2.45) is 0 Å². The van der Waals surface area contributed by atoms with Crippen molar-refractivity contribution >= 4 is 51.1 Å². The van der Waals surface area contributed by atoms with Gasteiger partial charge in [0.15, 0.2) is 0 Å². The Morgan fingerprint density at radius 3 is 2.24 bits per heavy atom. The average Bonchev–Trinajstić information content (AvgIpc) is 2.55. The summed E-state index contributed by atoms with van der Waals surface area (Å²) >= 11 is 11.6. The van der Waals surface area contributed by atoms with Gasteiger partial charge in [-0.1, -0.05) is 36.2 Å². The number of thiocarbonyl (C=S) groups is 2. The summed E-state index contributed by atoms with van der Waals surface area (Å²) in [7, 11) is 0. The van der Waals surface area contributed by atoms with Gasteiger partial charge in [-0.05, 0) is 30.2 Å². The second-order valence-electron chi connectivity index (χ2n) is 3.54. The van der Waals surface area contributed by atoms with E-state index in [1.807, 2.05) is 6.92 Å². The second-order valence-corrected chi connectivity index (χ2v) is 5.63. The molecular formula is C11H9NO2S3. The van der Waals surface area contributed by atoms with E-state index in [9.17, 15) is 10.2 Å². The van der Waals surface area contributed by atoms with Gasteiger partial charge in [-0.15, -0.1) is 0 Å². The minimum atomic E-state index is 0.0180. The highest BCUT2D eigenvalue weighted by molar-refractivity contribution is 8.27. The molecule has 0 bridgehead atoms. The highest BCUT2D eigenvalue weighted by Gasteiger charge is 2.21. The Morgan fingerprint density at radius 1 is 1.18 bits per heavy atom. The number of phenols is 2. The van der Waals surface area contributed by atoms with Crippen LogP contribution >= 0.6 is 36.2 Å². The fourth-order valence-corrected chi connectivity index (χ4v) is 3.12. The Balaban J connectivity index is 2.49. The monoisotopic (exact) mass is 283 g/mol. The van der Waals surface area contributed by atoms with Gasteiger partial charge in [0.2, 0.25) is 0 Å². The molecule has 0 unspecified atom stereocenters. The lowest BCUT2D eigenvalue weighted by Gasteiger charge is -2.06. The number of allylic oxidation sites excluding steroid dienone is 1. The van der Waals surface area contributed by atoms with Gasteiger partial charge in [0.25, 0.3) is 0 Å². The molecule has 0 amide bonds. The number of benzene rings is 1. The van der Waals surface area contributed by atoms with Crippen LogP contribution in [0.25, 0.3) is 5.57 Å². The Hall–Kier alpha value is -1.11. The van der Waals surface area contributed by atoms with Crippen LogP contribution in [0.15, 0.2) is 23.1 Å². The third-order valence-electron chi connectivity index (χ3n) is 2.29. The van der Waals surface area contributed by atoms with Crippen LogP contribution in [0.4, 0.5) is 0 Å². The van der Waals surface area contributed by atoms with Crippen LogP contribution in [-0.4, -0.2) is 19.5 Å². The predicted molar refractivity (Wildman–Crippen MR) is 78.3 cm³/mol. The number of nitrogens with one attached hydrogen (secondary N) is 1. The largest absolute Gasteiger partial charge is 0.508 e. The quantitative estimate of drug-likeness (QED) is 0.544. The second kappa shape index (κ2) is 4.64. The van der Waals surface area contributed by atoms with E-state index in [1.165, 1.54) is 17.8 Å². The maximum Gasteiger partial charge on any atom is 0.143 e. The molecule has 2 rings (SSSR count). The van der Waals surface area contributed by atoms with Crippen molar-refractivity contribution in [2.45, 2.75) is 6.92 Å². The van der Waals surface area contributed by atoms with Gasteiger partial charge in [-0.25, -0.2) is 0 Å². The van der Waals surface area contributed by atoms with Crippen LogP contribution in [0.5, 0.6) is 11.5 Å². The molecule has 3 nitrogen and oxygen atoms in total. The van der Waals surface area contributed by atoms with Gasteiger partial charge in [0, 0.05) is 6.07 Å². The van der Waals surface area contributed by atoms with Gasteiger partial charge in [-0.3, -0.25) is 0 Å². The summed E-state index contributed by atoms with van der Waals surface area (Å²) in [5.41, 5.74) is 1.59. The summed E-state index contributed by atoms with van der Waals surface area (Å²) < 4.78 is 0.619. The third kappa shape index (κ3) is 2.59. The first kappa shape index (κ1) is 12.3. The van der Waals surface area contributed by atoms with Crippen molar-refractivity contribution < 1.29 is 10.2 Å². The summed E-state index contributed by atoms with van der Waals surface area (Å²) in [6.45, 7) is 1.87. The molecule has 1 saturated heterocycles. The normalized spacial score (nSPS) is 18.2. The predicted octanol–water partition coefficient (Wildman–Crippen LogP) is 2.78. The number of thioether (sulfide) groups is 1. The topological polar surface area (TPSA) is 52.5 Å². The molecule has 0 saturated carbocycles. The maximum absolute atomic E-state index is 9.44. The molecule has 1 aromatic rings. The maximum atomic E-state index is 9.44. The molecule has 17 heavy (non-hydrogen) atoms. The highest BCUT2D eigenvalue weighted by atomic mass is 32.2. The zero-order valence-corrected chi connectivity index (χ0v) is 11.3. The lowest BCUT2D eigenvalue weighted by Crippen LogP contribution is -2.16. The zero-order chi connectivity index (χ0) is 12.6. The smallest absolute Gasteiger partial charge is 0.143 e. The third-order valence-corrected chi connectivity index (χ3v) is 4.08. The van der Waals surface area contributed by atoms with E-state index in [2.05, 4.69) is 5.32 Å². The minimum absolute atomic E-state index is 0.0180. The first-order chi connectivity index (χ1) is 7.97. The molecule has 0 aliphatic carbocycles. The Bertz CT molecular complexity index is 531. The minimum Gasteiger partial charge on any atom is -0.508 e. The van der Waals surface area contributed by atoms with E-state index < -0.39 is 0 Å². The van der Waals surface area contributed by atoms with E-state index in [4.69, 9.17) is 24.4 Å². The van der Waals surface area contributed by atoms with Crippen LogP contribution in [0.2, 0.25) is 0 Å². The van der Waals surface area contributed by atoms with Gasteiger partial charge in [0.1, 0.15) is 20.8 Å². The zero-order valence-electron chi connectivity index (χ0n) is 8.85. The Morgan fingerprint density at radius 2 is 1.76 bits per heavy atom. The number of hydrogen-bond donors (Lipinski definition) is 3. The number of hydrogen-bond acceptors (Lipinski definition) is 5. The molecule has 0 aromatic heterocycles. The summed E-state index contributed by atoms with van der Waals surface area (Å²) in [6.07, 6.45) is 0. The summed E-state index contributed by atoms with van der Waals surface area (Å²) in [4.78, 5) is 1.44. The standard InChI is InChI=1S/C11H9NO2S3/c1-5(9-10(15)12-11(16)17-9)6-2-7(13)4-8(14)3-6/h2-4,13-14H,1H3,(H,12,15,16)/b9-5+. The van der Waals surface area contributed by atoms with Crippen molar-refractivity contribution in [3.05, 3.63) is 28.7 Å². The van der Waals surface area contributed by atoms with E-state index in [1.54, 1.807) is 12.1 Å².